The molecule has 0 spiro atoms. The van der Waals surface area contributed by atoms with Crippen LogP contribution >= 0.6 is 0 Å². The first-order valence-electron chi connectivity index (χ1n) is 6.83. The quantitative estimate of drug-likeness (QED) is 0.887. The van der Waals surface area contributed by atoms with Crippen LogP contribution < -0.4 is 5.32 Å². The minimum atomic E-state index is -1.05. The van der Waals surface area contributed by atoms with Crippen LogP contribution in [0.1, 0.15) is 46.1 Å². The van der Waals surface area contributed by atoms with Crippen molar-refractivity contribution in [1.82, 2.24) is 9.97 Å². The van der Waals surface area contributed by atoms with Crippen molar-refractivity contribution < 1.29 is 9.32 Å². The Bertz CT molecular complexity index is 550. The zero-order valence-electron chi connectivity index (χ0n) is 12.8. The molecule has 1 aliphatic rings. The second kappa shape index (κ2) is 5.07. The van der Waals surface area contributed by atoms with Gasteiger partial charge in [0.05, 0.1) is 28.6 Å². The van der Waals surface area contributed by atoms with Gasteiger partial charge in [-0.2, -0.15) is 0 Å². The lowest BCUT2D eigenvalue weighted by Crippen LogP contribution is -2.36. The second-order valence-electron chi connectivity index (χ2n) is 6.89. The minimum absolute atomic E-state index is 0.0245. The van der Waals surface area contributed by atoms with E-state index in [1.165, 1.54) is 0 Å². The Morgan fingerprint density at radius 2 is 1.90 bits per heavy atom. The van der Waals surface area contributed by atoms with E-state index in [4.69, 9.17) is 0 Å². The molecule has 0 aliphatic carbocycles. The fraction of sp³-hybridized carbons (Fsp3) is 0.714. The molecule has 20 heavy (non-hydrogen) atoms. The Kier molecular flexibility index (Phi) is 3.90. The molecule has 2 heterocycles. The number of rotatable bonds is 3. The lowest BCUT2D eigenvalue weighted by atomic mass is 9.95. The Morgan fingerprint density at radius 3 is 2.45 bits per heavy atom. The van der Waals surface area contributed by atoms with E-state index in [0.29, 0.717) is 16.5 Å². The summed E-state index contributed by atoms with van der Waals surface area (Å²) in [4.78, 5) is 9.87. The molecule has 1 aromatic heterocycles. The summed E-state index contributed by atoms with van der Waals surface area (Å²) in [6, 6.07) is 0. The minimum Gasteiger partial charge on any atom is -0.394 e. The van der Waals surface area contributed by atoms with Gasteiger partial charge in [-0.25, -0.2) is 9.97 Å². The first-order valence-corrected chi connectivity index (χ1v) is 8.15. The first kappa shape index (κ1) is 15.4. The third-order valence-electron chi connectivity index (χ3n) is 3.21. The normalized spacial score (nSPS) is 19.0. The van der Waals surface area contributed by atoms with Crippen molar-refractivity contribution in [1.29, 1.82) is 0 Å². The number of hydrogen-bond donors (Lipinski definition) is 2. The van der Waals surface area contributed by atoms with Crippen LogP contribution in [0.5, 0.6) is 0 Å². The highest BCUT2D eigenvalue weighted by Crippen LogP contribution is 2.32. The van der Waals surface area contributed by atoms with Crippen molar-refractivity contribution >= 4 is 16.6 Å². The molecule has 0 saturated heterocycles. The van der Waals surface area contributed by atoms with E-state index in [9.17, 15) is 9.32 Å². The van der Waals surface area contributed by atoms with Crippen LogP contribution in [-0.2, 0) is 22.6 Å². The van der Waals surface area contributed by atoms with Gasteiger partial charge in [0.1, 0.15) is 16.5 Å². The van der Waals surface area contributed by atoms with Crippen molar-refractivity contribution in [3.63, 3.8) is 0 Å². The van der Waals surface area contributed by atoms with Crippen LogP contribution in [0, 0.1) is 0 Å². The molecule has 1 atom stereocenters. The van der Waals surface area contributed by atoms with Crippen LogP contribution in [-0.4, -0.2) is 37.2 Å². The van der Waals surface area contributed by atoms with Crippen LogP contribution in [0.2, 0.25) is 0 Å². The molecule has 5 nitrogen and oxygen atoms in total. The smallest absolute Gasteiger partial charge is 0.146 e. The lowest BCUT2D eigenvalue weighted by molar-refractivity contribution is 0.233. The lowest BCUT2D eigenvalue weighted by Gasteiger charge is -2.27. The van der Waals surface area contributed by atoms with Crippen molar-refractivity contribution in [3.8, 4) is 0 Å². The SMILES string of the molecule is CC(C)(CO)Nc1nc(C(C)(C)C)nc2c1S(=O)CC2. The third-order valence-corrected chi connectivity index (χ3v) is 4.67. The Balaban J connectivity index is 2.54. The van der Waals surface area contributed by atoms with Gasteiger partial charge >= 0.3 is 0 Å². The molecule has 1 aromatic rings. The maximum absolute atomic E-state index is 12.2. The summed E-state index contributed by atoms with van der Waals surface area (Å²) in [5, 5.41) is 12.6. The van der Waals surface area contributed by atoms with Crippen molar-refractivity contribution in [2.45, 2.75) is 56.9 Å². The van der Waals surface area contributed by atoms with Crippen LogP contribution in [0.15, 0.2) is 4.90 Å². The van der Waals surface area contributed by atoms with Gasteiger partial charge in [-0.3, -0.25) is 4.21 Å². The van der Waals surface area contributed by atoms with E-state index in [2.05, 4.69) is 36.1 Å². The maximum Gasteiger partial charge on any atom is 0.146 e. The van der Waals surface area contributed by atoms with Gasteiger partial charge in [0.2, 0.25) is 0 Å². The standard InChI is InChI=1S/C14H23N3O2S/c1-13(2,3)12-15-9-6-7-20(19)10(9)11(16-12)17-14(4,5)8-18/h18H,6-8H2,1-5H3,(H,15,16,17). The highest BCUT2D eigenvalue weighted by molar-refractivity contribution is 7.85. The number of aryl methyl sites for hydroxylation is 1. The number of aliphatic hydroxyl groups is 1. The van der Waals surface area contributed by atoms with E-state index in [1.807, 2.05) is 13.8 Å². The summed E-state index contributed by atoms with van der Waals surface area (Å²) in [6.45, 7) is 9.92. The average molecular weight is 297 g/mol. The fourth-order valence-electron chi connectivity index (χ4n) is 1.98. The summed E-state index contributed by atoms with van der Waals surface area (Å²) in [6.07, 6.45) is 0.724. The van der Waals surface area contributed by atoms with Gasteiger partial charge in [-0.15, -0.1) is 0 Å². The monoisotopic (exact) mass is 297 g/mol. The molecule has 112 valence electrons. The number of anilines is 1. The van der Waals surface area contributed by atoms with Gasteiger partial charge in [-0.05, 0) is 13.8 Å². The molecule has 0 aromatic carbocycles. The van der Waals surface area contributed by atoms with Crippen molar-refractivity contribution in [2.75, 3.05) is 17.7 Å². The molecule has 0 amide bonds. The highest BCUT2D eigenvalue weighted by Gasteiger charge is 2.30. The number of nitrogens with zero attached hydrogens (tertiary/aromatic N) is 2. The highest BCUT2D eigenvalue weighted by atomic mass is 32.2. The van der Waals surface area contributed by atoms with Gasteiger partial charge < -0.3 is 10.4 Å². The molecule has 0 bridgehead atoms. The maximum atomic E-state index is 12.2. The van der Waals surface area contributed by atoms with E-state index in [1.54, 1.807) is 0 Å². The Labute approximate surface area is 122 Å². The third kappa shape index (κ3) is 3.01. The van der Waals surface area contributed by atoms with E-state index in [0.717, 1.165) is 17.9 Å². The molecular formula is C14H23N3O2S. The van der Waals surface area contributed by atoms with Crippen LogP contribution in [0.3, 0.4) is 0 Å². The van der Waals surface area contributed by atoms with Crippen LogP contribution in [0.4, 0.5) is 5.82 Å². The largest absolute Gasteiger partial charge is 0.394 e. The molecule has 0 saturated carbocycles. The zero-order chi connectivity index (χ0) is 15.1. The molecule has 1 unspecified atom stereocenters. The van der Waals surface area contributed by atoms with Gasteiger partial charge in [-0.1, -0.05) is 20.8 Å². The molecule has 6 heteroatoms. The summed E-state index contributed by atoms with van der Waals surface area (Å²) in [7, 11) is -1.05. The van der Waals surface area contributed by atoms with E-state index < -0.39 is 16.3 Å². The van der Waals surface area contributed by atoms with Crippen molar-refractivity contribution in [2.24, 2.45) is 0 Å². The second-order valence-corrected chi connectivity index (χ2v) is 8.40. The number of aliphatic hydroxyl groups excluding tert-OH is 1. The van der Waals surface area contributed by atoms with E-state index in [-0.39, 0.29) is 12.0 Å². The average Bonchev–Trinajstić information content (AvgIpc) is 2.70. The summed E-state index contributed by atoms with van der Waals surface area (Å²) in [5.41, 5.74) is 0.197. The number of fused-ring (bicyclic) bond motifs is 1. The molecule has 0 radical (unpaired) electrons. The summed E-state index contributed by atoms with van der Waals surface area (Å²) in [5.74, 6) is 1.95. The molecular weight excluding hydrogens is 274 g/mol. The van der Waals surface area contributed by atoms with Gasteiger partial charge in [0, 0.05) is 17.6 Å². The Morgan fingerprint density at radius 1 is 1.25 bits per heavy atom. The number of nitrogens with one attached hydrogen (secondary N) is 1. The Hall–Kier alpha value is -1.01. The topological polar surface area (TPSA) is 75.1 Å². The van der Waals surface area contributed by atoms with Gasteiger partial charge in [0.15, 0.2) is 0 Å². The molecule has 2 N–H and O–H groups in total. The molecule has 0 fully saturated rings. The number of aromatic nitrogens is 2. The number of hydrogen-bond acceptors (Lipinski definition) is 5. The van der Waals surface area contributed by atoms with E-state index >= 15 is 0 Å². The predicted molar refractivity (Wildman–Crippen MR) is 80.5 cm³/mol. The molecule has 2 rings (SSSR count). The van der Waals surface area contributed by atoms with Crippen molar-refractivity contribution in [3.05, 3.63) is 11.5 Å². The first-order chi connectivity index (χ1) is 9.14. The molecule has 1 aliphatic heterocycles. The van der Waals surface area contributed by atoms with Gasteiger partial charge in [0.25, 0.3) is 0 Å². The summed E-state index contributed by atoms with van der Waals surface area (Å²) < 4.78 is 12.2. The fourth-order valence-corrected chi connectivity index (χ4v) is 3.28. The van der Waals surface area contributed by atoms with Crippen LogP contribution in [0.25, 0.3) is 0 Å². The zero-order valence-corrected chi connectivity index (χ0v) is 13.6. The predicted octanol–water partition coefficient (Wildman–Crippen LogP) is 1.62. The summed E-state index contributed by atoms with van der Waals surface area (Å²) >= 11 is 0.